The van der Waals surface area contributed by atoms with E-state index in [0.717, 1.165) is 77.0 Å². The summed E-state index contributed by atoms with van der Waals surface area (Å²) in [5, 5.41) is 6.66. The fraction of sp³-hybridized carbons (Fsp3) is 0.131. The first-order valence-electron chi connectivity index (χ1n) is 22.7. The van der Waals surface area contributed by atoms with Crippen molar-refractivity contribution in [2.45, 2.75) is 51.4 Å². The molecule has 0 radical (unpaired) electrons. The van der Waals surface area contributed by atoms with Crippen LogP contribution in [0.1, 0.15) is 51.7 Å². The van der Waals surface area contributed by atoms with Gasteiger partial charge in [0.2, 0.25) is 0 Å². The molecule has 4 heteroatoms. The van der Waals surface area contributed by atoms with E-state index < -0.39 is 0 Å². The normalized spacial score (nSPS) is 14.3. The fourth-order valence-corrected chi connectivity index (χ4v) is 10.2. The summed E-state index contributed by atoms with van der Waals surface area (Å²) in [6.45, 7) is 9.56. The van der Waals surface area contributed by atoms with Crippen LogP contribution in [0.3, 0.4) is 0 Å². The fourth-order valence-electron chi connectivity index (χ4n) is 10.2. The van der Waals surface area contributed by atoms with Crippen LogP contribution in [0.25, 0.3) is 111 Å². The maximum absolute atomic E-state index is 6.77. The van der Waals surface area contributed by atoms with E-state index in [1.54, 1.807) is 0 Å². The molecule has 0 spiro atoms. The van der Waals surface area contributed by atoms with Gasteiger partial charge >= 0.3 is 0 Å². The molecule has 312 valence electrons. The molecule has 2 aromatic heterocycles. The lowest BCUT2D eigenvalue weighted by molar-refractivity contribution is 0.332. The third kappa shape index (κ3) is 6.71. The van der Waals surface area contributed by atoms with Crippen molar-refractivity contribution in [3.8, 4) is 67.5 Å². The third-order valence-corrected chi connectivity index (χ3v) is 14.0. The summed E-state index contributed by atoms with van der Waals surface area (Å²) in [6.07, 6.45) is 2.36. The maximum Gasteiger partial charge on any atom is 0.164 e. The molecule has 1 aliphatic rings. The Morgan fingerprint density at radius 3 is 1.72 bits per heavy atom. The van der Waals surface area contributed by atoms with Gasteiger partial charge in [-0.1, -0.05) is 185 Å². The Morgan fingerprint density at radius 2 is 0.923 bits per heavy atom. The van der Waals surface area contributed by atoms with E-state index >= 15 is 0 Å². The van der Waals surface area contributed by atoms with Gasteiger partial charge in [-0.15, -0.1) is 0 Å². The predicted molar refractivity (Wildman–Crippen MR) is 270 cm³/mol. The quantitative estimate of drug-likeness (QED) is 0.157. The largest absolute Gasteiger partial charge is 0.455 e. The molecular weight excluding hydrogens is 791 g/mol. The molecule has 0 fully saturated rings. The summed E-state index contributed by atoms with van der Waals surface area (Å²) in [5.74, 6) is 1.83. The molecule has 0 atom stereocenters. The molecule has 11 aromatic rings. The van der Waals surface area contributed by atoms with Gasteiger partial charge in [0.1, 0.15) is 11.2 Å². The molecule has 0 N–H and O–H groups in total. The van der Waals surface area contributed by atoms with E-state index in [9.17, 15) is 0 Å². The first kappa shape index (κ1) is 38.9. The predicted octanol–water partition coefficient (Wildman–Crippen LogP) is 16.4. The molecule has 0 bridgehead atoms. The highest BCUT2D eigenvalue weighted by atomic mass is 16.3. The SMILES string of the molecule is CC1(C)CCC(C)(C)c2cc(-c3cccc(-c4cc(-c5nc(-c6ccc(-c7ccccc7)cc6)nc(-c6cc7ccccc7c7ccccc67)n5)cc5c4oc4ccccc45)c3)ccc21. The highest BCUT2D eigenvalue weighted by molar-refractivity contribution is 6.14. The number of hydrogen-bond donors (Lipinski definition) is 0. The molecule has 9 aromatic carbocycles. The van der Waals surface area contributed by atoms with Gasteiger partial charge in [0.25, 0.3) is 0 Å². The number of aromatic nitrogens is 3. The van der Waals surface area contributed by atoms with Crippen molar-refractivity contribution in [3.63, 3.8) is 0 Å². The Hall–Kier alpha value is -7.69. The molecule has 0 aliphatic heterocycles. The molecule has 12 rings (SSSR count). The zero-order valence-electron chi connectivity index (χ0n) is 37.1. The summed E-state index contributed by atoms with van der Waals surface area (Å²) >= 11 is 0. The topological polar surface area (TPSA) is 51.8 Å². The lowest BCUT2D eigenvalue weighted by Gasteiger charge is -2.42. The highest BCUT2D eigenvalue weighted by Gasteiger charge is 2.37. The first-order chi connectivity index (χ1) is 31.7. The Bertz CT molecular complexity index is 3650. The van der Waals surface area contributed by atoms with Gasteiger partial charge in [-0.05, 0) is 114 Å². The van der Waals surface area contributed by atoms with E-state index in [2.05, 4.69) is 204 Å². The van der Waals surface area contributed by atoms with Crippen LogP contribution >= 0.6 is 0 Å². The number of fused-ring (bicyclic) bond motifs is 7. The summed E-state index contributed by atoms with van der Waals surface area (Å²) in [5.41, 5.74) is 14.4. The monoisotopic (exact) mass is 837 g/mol. The number of hydrogen-bond acceptors (Lipinski definition) is 4. The standard InChI is InChI=1S/C61H47N3O/c1-60(2)31-32-61(3,4)54-37-42(29-30-53(54)60)41-18-14-19-43(33-41)50-35-45(36-51-49-23-12-13-24-55(49)65-56(50)51)58-62-57(40-27-25-39(26-28-40)38-15-6-5-7-16-38)63-59(64-58)52-34-44-17-8-9-20-46(44)47-21-10-11-22-48(47)52/h5-30,33-37H,31-32H2,1-4H3. The minimum atomic E-state index is 0.110. The van der Waals surface area contributed by atoms with Crippen molar-refractivity contribution in [1.82, 2.24) is 15.0 Å². The zero-order valence-corrected chi connectivity index (χ0v) is 37.1. The summed E-state index contributed by atoms with van der Waals surface area (Å²) in [7, 11) is 0. The molecular formula is C61H47N3O. The number of rotatable bonds is 6. The molecule has 0 amide bonds. The van der Waals surface area contributed by atoms with Crippen LogP contribution in [0.4, 0.5) is 0 Å². The van der Waals surface area contributed by atoms with E-state index in [4.69, 9.17) is 19.4 Å². The van der Waals surface area contributed by atoms with Gasteiger partial charge in [0, 0.05) is 33.0 Å². The molecule has 0 unspecified atom stereocenters. The molecule has 4 nitrogen and oxygen atoms in total. The van der Waals surface area contributed by atoms with Crippen LogP contribution in [-0.2, 0) is 10.8 Å². The molecule has 1 aliphatic carbocycles. The van der Waals surface area contributed by atoms with Crippen molar-refractivity contribution >= 4 is 43.5 Å². The minimum Gasteiger partial charge on any atom is -0.455 e. The van der Waals surface area contributed by atoms with Crippen molar-refractivity contribution in [3.05, 3.63) is 199 Å². The van der Waals surface area contributed by atoms with Gasteiger partial charge in [-0.25, -0.2) is 15.0 Å². The van der Waals surface area contributed by atoms with Crippen LogP contribution in [-0.4, -0.2) is 15.0 Å². The van der Waals surface area contributed by atoms with Gasteiger partial charge in [-0.2, -0.15) is 0 Å². The summed E-state index contributed by atoms with van der Waals surface area (Å²) in [6, 6.07) is 67.1. The summed E-state index contributed by atoms with van der Waals surface area (Å²) < 4.78 is 6.77. The molecule has 65 heavy (non-hydrogen) atoms. The van der Waals surface area contributed by atoms with Crippen LogP contribution < -0.4 is 0 Å². The number of para-hydroxylation sites is 1. The van der Waals surface area contributed by atoms with E-state index in [1.807, 2.05) is 12.1 Å². The zero-order chi connectivity index (χ0) is 43.9. The lowest BCUT2D eigenvalue weighted by Crippen LogP contribution is -2.33. The number of furan rings is 1. The summed E-state index contributed by atoms with van der Waals surface area (Å²) in [4.78, 5) is 16.0. The van der Waals surface area contributed by atoms with Crippen molar-refractivity contribution in [2.75, 3.05) is 0 Å². The first-order valence-corrected chi connectivity index (χ1v) is 22.7. The van der Waals surface area contributed by atoms with Crippen LogP contribution in [0.15, 0.2) is 192 Å². The molecule has 2 heterocycles. The molecule has 0 saturated carbocycles. The molecule has 0 saturated heterocycles. The minimum absolute atomic E-state index is 0.110. The Morgan fingerprint density at radius 1 is 0.354 bits per heavy atom. The lowest BCUT2D eigenvalue weighted by atomic mass is 9.63. The van der Waals surface area contributed by atoms with Gasteiger partial charge in [-0.3, -0.25) is 0 Å². The van der Waals surface area contributed by atoms with Crippen LogP contribution in [0, 0.1) is 0 Å². The Labute approximate surface area is 379 Å². The van der Waals surface area contributed by atoms with Crippen molar-refractivity contribution in [2.24, 2.45) is 0 Å². The highest BCUT2D eigenvalue weighted by Crippen LogP contribution is 2.48. The van der Waals surface area contributed by atoms with Crippen LogP contribution in [0.2, 0.25) is 0 Å². The maximum atomic E-state index is 6.77. The number of nitrogens with zero attached hydrogens (tertiary/aromatic N) is 3. The Kier molecular flexibility index (Phi) is 8.96. The van der Waals surface area contributed by atoms with Crippen molar-refractivity contribution in [1.29, 1.82) is 0 Å². The number of benzene rings is 9. The van der Waals surface area contributed by atoms with E-state index in [0.29, 0.717) is 17.5 Å². The van der Waals surface area contributed by atoms with Crippen molar-refractivity contribution < 1.29 is 4.42 Å². The van der Waals surface area contributed by atoms with Gasteiger partial charge in [0.15, 0.2) is 17.5 Å². The van der Waals surface area contributed by atoms with Gasteiger partial charge < -0.3 is 4.42 Å². The third-order valence-electron chi connectivity index (χ3n) is 14.0. The Balaban J connectivity index is 1.07. The van der Waals surface area contributed by atoms with E-state index in [1.165, 1.54) is 40.5 Å². The second-order valence-electron chi connectivity index (χ2n) is 19.0. The van der Waals surface area contributed by atoms with E-state index in [-0.39, 0.29) is 10.8 Å². The van der Waals surface area contributed by atoms with Gasteiger partial charge in [0.05, 0.1) is 0 Å². The average Bonchev–Trinajstić information content (AvgIpc) is 3.74. The second-order valence-corrected chi connectivity index (χ2v) is 19.0. The van der Waals surface area contributed by atoms with Crippen LogP contribution in [0.5, 0.6) is 0 Å². The smallest absolute Gasteiger partial charge is 0.164 e. The average molecular weight is 838 g/mol. The second kappa shape index (κ2) is 15.0.